The molecule has 3 aliphatic rings. The largest absolute Gasteiger partial charge is 0.460 e. The Labute approximate surface area is 287 Å². The first-order valence-corrected chi connectivity index (χ1v) is 16.9. The zero-order chi connectivity index (χ0) is 33.8. The van der Waals surface area contributed by atoms with Crippen molar-refractivity contribution in [1.29, 1.82) is 0 Å². The molecule has 2 aromatic rings. The average molecular weight is 761 g/mol. The van der Waals surface area contributed by atoms with Crippen molar-refractivity contribution < 1.29 is 43.2 Å². The fourth-order valence-electron chi connectivity index (χ4n) is 6.09. The van der Waals surface area contributed by atoms with Crippen LogP contribution >= 0.6 is 22.6 Å². The lowest BCUT2D eigenvalue weighted by Gasteiger charge is -2.30. The number of halogens is 1. The van der Waals surface area contributed by atoms with E-state index in [4.69, 9.17) is 18.9 Å². The van der Waals surface area contributed by atoms with Crippen molar-refractivity contribution in [2.45, 2.75) is 95.0 Å². The molecule has 252 valence electrons. The molecule has 2 aromatic carbocycles. The van der Waals surface area contributed by atoms with Gasteiger partial charge in [0.1, 0.15) is 23.9 Å². The van der Waals surface area contributed by atoms with Crippen LogP contribution in [0.3, 0.4) is 0 Å². The Morgan fingerprint density at radius 2 is 1.70 bits per heavy atom. The lowest BCUT2D eigenvalue weighted by molar-refractivity contribution is -0.172. The molecule has 1 spiro atoms. The Balaban J connectivity index is 1.20. The summed E-state index contributed by atoms with van der Waals surface area (Å²) >= 11 is 2.08. The molecule has 0 saturated carbocycles. The van der Waals surface area contributed by atoms with Gasteiger partial charge in [0.15, 0.2) is 5.79 Å². The maximum Gasteiger partial charge on any atom is 0.339 e. The highest BCUT2D eigenvalue weighted by atomic mass is 127. The number of rotatable bonds is 11. The zero-order valence-electron chi connectivity index (χ0n) is 26.8. The van der Waals surface area contributed by atoms with E-state index < -0.39 is 53.6 Å². The number of fused-ring (bicyclic) bond motifs is 2. The number of esters is 2. The summed E-state index contributed by atoms with van der Waals surface area (Å²) < 4.78 is 25.1. The van der Waals surface area contributed by atoms with Crippen LogP contribution in [0.15, 0.2) is 60.2 Å². The first kappa shape index (κ1) is 35.0. The standard InChI is InChI=1S/C35H41IN2O9/c1-34(2,3)46-30(41)13-12-24(20-39)38-29(40)14-15-37-32(42)23-16-27(44-33(43)25-10-6-7-11-26(25)36)31-28(17-23)45-35(47-31)18-21-8-4-5-9-22(21)19-35/h4-11,17,24,27-28,31,39H,12-16,18-20H2,1-3H3,(H,37,42)(H,38,40). The maximum absolute atomic E-state index is 13.3. The van der Waals surface area contributed by atoms with Gasteiger partial charge in [-0.2, -0.15) is 0 Å². The van der Waals surface area contributed by atoms with Gasteiger partial charge in [0, 0.05) is 47.8 Å². The highest BCUT2D eigenvalue weighted by Crippen LogP contribution is 2.45. The van der Waals surface area contributed by atoms with Crippen LogP contribution in [0.25, 0.3) is 0 Å². The summed E-state index contributed by atoms with van der Waals surface area (Å²) in [6, 6.07) is 14.5. The summed E-state index contributed by atoms with van der Waals surface area (Å²) in [5, 5.41) is 15.2. The molecule has 3 N–H and O–H groups in total. The van der Waals surface area contributed by atoms with Gasteiger partial charge in [0.05, 0.1) is 18.2 Å². The normalized spacial score (nSPS) is 21.6. The second-order valence-electron chi connectivity index (χ2n) is 13.1. The van der Waals surface area contributed by atoms with Gasteiger partial charge < -0.3 is 34.7 Å². The van der Waals surface area contributed by atoms with Crippen molar-refractivity contribution in [2.75, 3.05) is 13.2 Å². The summed E-state index contributed by atoms with van der Waals surface area (Å²) in [5.41, 5.74) is 2.43. The van der Waals surface area contributed by atoms with Crippen LogP contribution in [0, 0.1) is 3.57 Å². The molecule has 2 aliphatic carbocycles. The second kappa shape index (κ2) is 14.8. The molecular weight excluding hydrogens is 719 g/mol. The van der Waals surface area contributed by atoms with Crippen LogP contribution in [-0.2, 0) is 46.2 Å². The predicted octanol–water partition coefficient (Wildman–Crippen LogP) is 3.53. The number of benzene rings is 2. The Hall–Kier alpha value is -3.33. The molecule has 1 heterocycles. The predicted molar refractivity (Wildman–Crippen MR) is 179 cm³/mol. The van der Waals surface area contributed by atoms with Gasteiger partial charge in [0.2, 0.25) is 11.8 Å². The van der Waals surface area contributed by atoms with E-state index in [-0.39, 0.29) is 44.7 Å². The van der Waals surface area contributed by atoms with Crippen molar-refractivity contribution in [3.8, 4) is 0 Å². The average Bonchev–Trinajstić information content (AvgIpc) is 3.56. The SMILES string of the molecule is CC(C)(C)OC(=O)CCC(CO)NC(=O)CCNC(=O)C1=CC2OC3(Cc4ccccc4C3)OC2C(OC(=O)c2ccccc2I)C1. The van der Waals surface area contributed by atoms with Crippen molar-refractivity contribution in [3.63, 3.8) is 0 Å². The van der Waals surface area contributed by atoms with Gasteiger partial charge in [-0.3, -0.25) is 14.4 Å². The molecule has 0 aromatic heterocycles. The number of nitrogens with one attached hydrogen (secondary N) is 2. The summed E-state index contributed by atoms with van der Waals surface area (Å²) in [6.07, 6.45) is 1.15. The highest BCUT2D eigenvalue weighted by Gasteiger charge is 2.55. The van der Waals surface area contributed by atoms with Gasteiger partial charge in [-0.05, 0) is 79.1 Å². The Bertz CT molecular complexity index is 1510. The quantitative estimate of drug-likeness (QED) is 0.231. The van der Waals surface area contributed by atoms with Gasteiger partial charge in [-0.15, -0.1) is 0 Å². The van der Waals surface area contributed by atoms with Crippen LogP contribution < -0.4 is 10.6 Å². The summed E-state index contributed by atoms with van der Waals surface area (Å²) in [5.74, 6) is -2.64. The van der Waals surface area contributed by atoms with E-state index in [0.717, 1.165) is 14.7 Å². The molecule has 5 rings (SSSR count). The van der Waals surface area contributed by atoms with E-state index in [1.54, 1.807) is 39.0 Å². The molecule has 1 saturated heterocycles. The summed E-state index contributed by atoms with van der Waals surface area (Å²) in [4.78, 5) is 51.2. The van der Waals surface area contributed by atoms with E-state index in [1.807, 2.05) is 36.4 Å². The van der Waals surface area contributed by atoms with Gasteiger partial charge in [0.25, 0.3) is 0 Å². The molecular formula is C35H41IN2O9. The number of hydrogen-bond acceptors (Lipinski definition) is 9. The van der Waals surface area contributed by atoms with E-state index in [2.05, 4.69) is 33.2 Å². The number of hydrogen-bond donors (Lipinski definition) is 3. The maximum atomic E-state index is 13.3. The molecule has 4 atom stereocenters. The molecule has 1 fully saturated rings. The number of carbonyl (C=O) groups excluding carboxylic acids is 4. The fraction of sp³-hybridized carbons (Fsp3) is 0.486. The molecule has 47 heavy (non-hydrogen) atoms. The summed E-state index contributed by atoms with van der Waals surface area (Å²) in [6.45, 7) is 4.99. The molecule has 11 nitrogen and oxygen atoms in total. The van der Waals surface area contributed by atoms with Crippen molar-refractivity contribution in [1.82, 2.24) is 10.6 Å². The monoisotopic (exact) mass is 760 g/mol. The number of aliphatic hydroxyl groups is 1. The first-order valence-electron chi connectivity index (χ1n) is 15.8. The second-order valence-corrected chi connectivity index (χ2v) is 14.3. The van der Waals surface area contributed by atoms with Crippen LogP contribution in [0.4, 0.5) is 0 Å². The van der Waals surface area contributed by atoms with Crippen LogP contribution in [-0.4, -0.2) is 77.8 Å². The van der Waals surface area contributed by atoms with Crippen molar-refractivity contribution in [2.24, 2.45) is 0 Å². The third-order valence-electron chi connectivity index (χ3n) is 8.20. The number of carbonyl (C=O) groups is 4. The third-order valence-corrected chi connectivity index (χ3v) is 9.14. The first-order chi connectivity index (χ1) is 22.3. The Kier molecular flexibility index (Phi) is 11.0. The van der Waals surface area contributed by atoms with Crippen molar-refractivity contribution >= 4 is 46.3 Å². The minimum absolute atomic E-state index is 0.0313. The number of amides is 2. The number of aliphatic hydroxyl groups excluding tert-OH is 1. The minimum Gasteiger partial charge on any atom is -0.460 e. The van der Waals surface area contributed by atoms with Crippen LogP contribution in [0.1, 0.15) is 67.9 Å². The van der Waals surface area contributed by atoms with Gasteiger partial charge >= 0.3 is 11.9 Å². The Morgan fingerprint density at radius 1 is 1.02 bits per heavy atom. The molecule has 0 radical (unpaired) electrons. The van der Waals surface area contributed by atoms with Crippen LogP contribution in [0.5, 0.6) is 0 Å². The van der Waals surface area contributed by atoms with E-state index >= 15 is 0 Å². The lowest BCUT2D eigenvalue weighted by Crippen LogP contribution is -2.44. The smallest absolute Gasteiger partial charge is 0.339 e. The molecule has 1 aliphatic heterocycles. The third kappa shape index (κ3) is 8.98. The highest BCUT2D eigenvalue weighted by molar-refractivity contribution is 14.1. The minimum atomic E-state index is -0.919. The number of ether oxygens (including phenoxy) is 4. The molecule has 0 bridgehead atoms. The van der Waals surface area contributed by atoms with E-state index in [9.17, 15) is 24.3 Å². The van der Waals surface area contributed by atoms with E-state index in [1.165, 1.54) is 0 Å². The van der Waals surface area contributed by atoms with Gasteiger partial charge in [-0.1, -0.05) is 36.4 Å². The Morgan fingerprint density at radius 3 is 2.36 bits per heavy atom. The van der Waals surface area contributed by atoms with Crippen LogP contribution in [0.2, 0.25) is 0 Å². The van der Waals surface area contributed by atoms with Gasteiger partial charge in [-0.25, -0.2) is 4.79 Å². The molecule has 12 heteroatoms. The topological polar surface area (TPSA) is 149 Å². The van der Waals surface area contributed by atoms with E-state index in [0.29, 0.717) is 24.0 Å². The fourth-order valence-corrected chi connectivity index (χ4v) is 6.69. The summed E-state index contributed by atoms with van der Waals surface area (Å²) in [7, 11) is 0. The zero-order valence-corrected chi connectivity index (χ0v) is 28.9. The lowest BCUT2D eigenvalue weighted by atomic mass is 9.91. The van der Waals surface area contributed by atoms with Crippen molar-refractivity contribution in [3.05, 3.63) is 80.4 Å². The molecule has 2 amide bonds. The molecule has 4 unspecified atom stereocenters.